The minimum Gasteiger partial charge on any atom is -0.396 e. The van der Waals surface area contributed by atoms with E-state index in [0.717, 1.165) is 0 Å². The third-order valence-electron chi connectivity index (χ3n) is 2.88. The van der Waals surface area contributed by atoms with Crippen LogP contribution < -0.4 is 5.32 Å². The van der Waals surface area contributed by atoms with Gasteiger partial charge in [-0.3, -0.25) is 4.79 Å². The lowest BCUT2D eigenvalue weighted by atomic mass is 10.3. The molecule has 0 aliphatic carbocycles. The maximum Gasteiger partial charge on any atom is 0.225 e. The van der Waals surface area contributed by atoms with E-state index in [4.69, 9.17) is 5.11 Å². The standard InChI is InChI=1S/C14H20FNO4S/c15-12-4-6-13(7-5-12)16-14(18)8-11-21(19,20)10-3-1-2-9-17/h4-7,17H,1-3,8-11H2,(H,16,18). The number of aliphatic hydroxyl groups is 1. The molecule has 0 bridgehead atoms. The van der Waals surface area contributed by atoms with E-state index in [-0.39, 0.29) is 24.5 Å². The predicted octanol–water partition coefficient (Wildman–Crippen LogP) is 1.73. The van der Waals surface area contributed by atoms with Crippen LogP contribution in [0.5, 0.6) is 0 Å². The summed E-state index contributed by atoms with van der Waals surface area (Å²) in [7, 11) is -3.26. The molecule has 0 aromatic heterocycles. The number of anilines is 1. The molecule has 0 fully saturated rings. The fourth-order valence-corrected chi connectivity index (χ4v) is 3.06. The van der Waals surface area contributed by atoms with Gasteiger partial charge in [0.1, 0.15) is 5.82 Å². The molecule has 0 saturated heterocycles. The normalized spacial score (nSPS) is 11.3. The molecule has 0 saturated carbocycles. The lowest BCUT2D eigenvalue weighted by Gasteiger charge is -2.06. The summed E-state index contributed by atoms with van der Waals surface area (Å²) in [6, 6.07) is 5.26. The fraction of sp³-hybridized carbons (Fsp3) is 0.500. The third-order valence-corrected chi connectivity index (χ3v) is 4.62. The molecule has 1 rings (SSSR count). The Morgan fingerprint density at radius 2 is 1.76 bits per heavy atom. The van der Waals surface area contributed by atoms with Crippen LogP contribution in [0.1, 0.15) is 25.7 Å². The van der Waals surface area contributed by atoms with Crippen molar-refractivity contribution in [1.82, 2.24) is 0 Å². The first-order valence-corrected chi connectivity index (χ1v) is 8.62. The average Bonchev–Trinajstić information content (AvgIpc) is 2.44. The van der Waals surface area contributed by atoms with Crippen LogP contribution in [0.15, 0.2) is 24.3 Å². The largest absolute Gasteiger partial charge is 0.396 e. The molecule has 0 aliphatic heterocycles. The molecule has 0 heterocycles. The molecule has 1 aromatic carbocycles. The van der Waals surface area contributed by atoms with E-state index >= 15 is 0 Å². The number of carbonyl (C=O) groups excluding carboxylic acids is 1. The van der Waals surface area contributed by atoms with Gasteiger partial charge >= 0.3 is 0 Å². The van der Waals surface area contributed by atoms with Gasteiger partial charge in [0.15, 0.2) is 9.84 Å². The zero-order valence-electron chi connectivity index (χ0n) is 11.7. The van der Waals surface area contributed by atoms with Crippen LogP contribution in [0.3, 0.4) is 0 Å². The van der Waals surface area contributed by atoms with Crippen molar-refractivity contribution in [1.29, 1.82) is 0 Å². The predicted molar refractivity (Wildman–Crippen MR) is 79.2 cm³/mol. The second kappa shape index (κ2) is 8.74. The molecule has 1 amide bonds. The number of benzene rings is 1. The van der Waals surface area contributed by atoms with E-state index in [1.807, 2.05) is 0 Å². The Morgan fingerprint density at radius 1 is 1.10 bits per heavy atom. The number of carbonyl (C=O) groups is 1. The Bertz CT molecular complexity index is 543. The number of halogens is 1. The average molecular weight is 317 g/mol. The summed E-state index contributed by atoms with van der Waals surface area (Å²) in [6.45, 7) is 0.0557. The van der Waals surface area contributed by atoms with Gasteiger partial charge in [-0.2, -0.15) is 0 Å². The maximum absolute atomic E-state index is 12.7. The highest BCUT2D eigenvalue weighted by Crippen LogP contribution is 2.09. The van der Waals surface area contributed by atoms with Crippen molar-refractivity contribution in [2.45, 2.75) is 25.7 Å². The second-order valence-electron chi connectivity index (χ2n) is 4.74. The molecular formula is C14H20FNO4S. The van der Waals surface area contributed by atoms with Crippen molar-refractivity contribution in [3.05, 3.63) is 30.1 Å². The zero-order valence-corrected chi connectivity index (χ0v) is 12.5. The van der Waals surface area contributed by atoms with Gasteiger partial charge in [-0.15, -0.1) is 0 Å². The highest BCUT2D eigenvalue weighted by molar-refractivity contribution is 7.91. The van der Waals surface area contributed by atoms with E-state index in [1.54, 1.807) is 0 Å². The molecule has 0 atom stereocenters. The molecule has 118 valence electrons. The lowest BCUT2D eigenvalue weighted by molar-refractivity contribution is -0.115. The smallest absolute Gasteiger partial charge is 0.225 e. The maximum atomic E-state index is 12.7. The number of rotatable bonds is 9. The van der Waals surface area contributed by atoms with E-state index in [9.17, 15) is 17.6 Å². The summed E-state index contributed by atoms with van der Waals surface area (Å²) in [5.74, 6) is -1.00. The molecule has 0 radical (unpaired) electrons. The van der Waals surface area contributed by atoms with Crippen molar-refractivity contribution < 1.29 is 22.7 Å². The second-order valence-corrected chi connectivity index (χ2v) is 7.04. The van der Waals surface area contributed by atoms with Gasteiger partial charge in [-0.05, 0) is 37.1 Å². The Kier molecular flexibility index (Phi) is 7.31. The number of hydrogen-bond donors (Lipinski definition) is 2. The van der Waals surface area contributed by atoms with Gasteiger partial charge in [-0.1, -0.05) is 6.42 Å². The Hall–Kier alpha value is -1.47. The molecular weight excluding hydrogens is 297 g/mol. The van der Waals surface area contributed by atoms with Crippen LogP contribution in [-0.2, 0) is 14.6 Å². The summed E-state index contributed by atoms with van der Waals surface area (Å²) in [5.41, 5.74) is 0.432. The number of sulfone groups is 1. The van der Waals surface area contributed by atoms with Gasteiger partial charge < -0.3 is 10.4 Å². The number of nitrogens with one attached hydrogen (secondary N) is 1. The molecule has 2 N–H and O–H groups in total. The summed E-state index contributed by atoms with van der Waals surface area (Å²) in [6.07, 6.45) is 1.60. The first kappa shape index (κ1) is 17.6. The van der Waals surface area contributed by atoms with Crippen LogP contribution in [-0.4, -0.2) is 37.5 Å². The molecule has 21 heavy (non-hydrogen) atoms. The number of unbranched alkanes of at least 4 members (excludes halogenated alkanes) is 2. The fourth-order valence-electron chi connectivity index (χ4n) is 1.72. The van der Waals surface area contributed by atoms with Crippen molar-refractivity contribution in [3.8, 4) is 0 Å². The van der Waals surface area contributed by atoms with Gasteiger partial charge in [0, 0.05) is 18.7 Å². The minimum absolute atomic E-state index is 0.0246. The van der Waals surface area contributed by atoms with E-state index in [2.05, 4.69) is 5.32 Å². The van der Waals surface area contributed by atoms with Gasteiger partial charge in [0.25, 0.3) is 0 Å². The Labute approximate surface area is 124 Å². The first-order chi connectivity index (χ1) is 9.93. The van der Waals surface area contributed by atoms with Crippen LogP contribution in [0.2, 0.25) is 0 Å². The highest BCUT2D eigenvalue weighted by atomic mass is 32.2. The van der Waals surface area contributed by atoms with Crippen molar-refractivity contribution >= 4 is 21.4 Å². The van der Waals surface area contributed by atoms with Crippen LogP contribution in [0.25, 0.3) is 0 Å². The van der Waals surface area contributed by atoms with Crippen LogP contribution in [0, 0.1) is 5.82 Å². The Morgan fingerprint density at radius 3 is 2.38 bits per heavy atom. The number of aliphatic hydroxyl groups excluding tert-OH is 1. The number of amides is 1. The van der Waals surface area contributed by atoms with Gasteiger partial charge in [0.2, 0.25) is 5.91 Å². The monoisotopic (exact) mass is 317 g/mol. The molecule has 0 spiro atoms. The summed E-state index contributed by atoms with van der Waals surface area (Å²) < 4.78 is 36.1. The topological polar surface area (TPSA) is 83.5 Å². The van der Waals surface area contributed by atoms with E-state index in [1.165, 1.54) is 24.3 Å². The first-order valence-electron chi connectivity index (χ1n) is 6.79. The SMILES string of the molecule is O=C(CCS(=O)(=O)CCCCCO)Nc1ccc(F)cc1. The van der Waals surface area contributed by atoms with Crippen molar-refractivity contribution in [3.63, 3.8) is 0 Å². The third kappa shape index (κ3) is 7.77. The lowest BCUT2D eigenvalue weighted by Crippen LogP contribution is -2.19. The quantitative estimate of drug-likeness (QED) is 0.680. The molecule has 0 unspecified atom stereocenters. The summed E-state index contributed by atoms with van der Waals surface area (Å²) >= 11 is 0. The summed E-state index contributed by atoms with van der Waals surface area (Å²) in [5, 5.41) is 11.1. The number of hydrogen-bond acceptors (Lipinski definition) is 4. The minimum atomic E-state index is -3.26. The van der Waals surface area contributed by atoms with Gasteiger partial charge in [-0.25, -0.2) is 12.8 Å². The van der Waals surface area contributed by atoms with E-state index in [0.29, 0.717) is 24.9 Å². The highest BCUT2D eigenvalue weighted by Gasteiger charge is 2.13. The van der Waals surface area contributed by atoms with Crippen molar-refractivity contribution in [2.75, 3.05) is 23.4 Å². The molecule has 1 aromatic rings. The van der Waals surface area contributed by atoms with Crippen LogP contribution in [0.4, 0.5) is 10.1 Å². The zero-order chi connectivity index (χ0) is 15.7. The Balaban J connectivity index is 2.33. The van der Waals surface area contributed by atoms with Gasteiger partial charge in [0.05, 0.1) is 11.5 Å². The van der Waals surface area contributed by atoms with Crippen LogP contribution >= 0.6 is 0 Å². The molecule has 0 aliphatic rings. The van der Waals surface area contributed by atoms with Crippen molar-refractivity contribution in [2.24, 2.45) is 0 Å². The van der Waals surface area contributed by atoms with E-state index < -0.39 is 21.6 Å². The molecule has 5 nitrogen and oxygen atoms in total. The molecule has 7 heteroatoms. The summed E-state index contributed by atoms with van der Waals surface area (Å²) in [4.78, 5) is 11.6.